The number of nitrogens with one attached hydrogen (secondary N) is 2. The standard InChI is InChI=1S/C19H24N4O3S/c1-11-15(27-18(23-11)19(2,3)4)17(26)21-9-12-5-7-13(8-6-12)16(25)22-10-14(20)24/h5-8H,9-10H2,1-4H3,(H2,20,24)(H,21,26)(H,22,25). The molecule has 0 aliphatic heterocycles. The third-order valence-corrected chi connectivity index (χ3v) is 5.32. The van der Waals surface area contributed by atoms with E-state index in [-0.39, 0.29) is 23.8 Å². The van der Waals surface area contributed by atoms with Gasteiger partial charge in [0.2, 0.25) is 5.91 Å². The fourth-order valence-corrected chi connectivity index (χ4v) is 3.27. The van der Waals surface area contributed by atoms with Crippen LogP contribution >= 0.6 is 11.3 Å². The summed E-state index contributed by atoms with van der Waals surface area (Å²) in [6.45, 7) is 8.15. The normalized spacial score (nSPS) is 11.1. The van der Waals surface area contributed by atoms with Crippen molar-refractivity contribution < 1.29 is 14.4 Å². The summed E-state index contributed by atoms with van der Waals surface area (Å²) in [5.41, 5.74) is 6.90. The highest BCUT2D eigenvalue weighted by atomic mass is 32.1. The van der Waals surface area contributed by atoms with Crippen LogP contribution < -0.4 is 16.4 Å². The van der Waals surface area contributed by atoms with Gasteiger partial charge in [0.05, 0.1) is 17.2 Å². The van der Waals surface area contributed by atoms with E-state index >= 15 is 0 Å². The van der Waals surface area contributed by atoms with E-state index in [0.717, 1.165) is 16.3 Å². The lowest BCUT2D eigenvalue weighted by Gasteiger charge is -2.13. The average molecular weight is 388 g/mol. The Morgan fingerprint density at radius 2 is 1.70 bits per heavy atom. The van der Waals surface area contributed by atoms with Gasteiger partial charge >= 0.3 is 0 Å². The number of hydrogen-bond donors (Lipinski definition) is 3. The van der Waals surface area contributed by atoms with Gasteiger partial charge in [-0.15, -0.1) is 11.3 Å². The molecule has 1 aromatic carbocycles. The Hall–Kier alpha value is -2.74. The van der Waals surface area contributed by atoms with Gasteiger partial charge in [-0.1, -0.05) is 32.9 Å². The van der Waals surface area contributed by atoms with Crippen LogP contribution in [0.1, 0.15) is 57.1 Å². The lowest BCUT2D eigenvalue weighted by molar-refractivity contribution is -0.117. The molecular weight excluding hydrogens is 364 g/mol. The van der Waals surface area contributed by atoms with E-state index in [9.17, 15) is 14.4 Å². The van der Waals surface area contributed by atoms with E-state index < -0.39 is 5.91 Å². The maximum Gasteiger partial charge on any atom is 0.263 e. The van der Waals surface area contributed by atoms with E-state index in [1.54, 1.807) is 24.3 Å². The summed E-state index contributed by atoms with van der Waals surface area (Å²) in [6.07, 6.45) is 0. The van der Waals surface area contributed by atoms with E-state index in [0.29, 0.717) is 17.0 Å². The van der Waals surface area contributed by atoms with Crippen molar-refractivity contribution in [1.82, 2.24) is 15.6 Å². The third kappa shape index (κ3) is 5.62. The predicted molar refractivity (Wildman–Crippen MR) is 105 cm³/mol. The molecule has 1 heterocycles. The molecule has 2 rings (SSSR count). The summed E-state index contributed by atoms with van der Waals surface area (Å²) >= 11 is 1.41. The van der Waals surface area contributed by atoms with Crippen molar-refractivity contribution in [3.8, 4) is 0 Å². The Kier molecular flexibility index (Phi) is 6.32. The molecule has 0 fully saturated rings. The molecule has 27 heavy (non-hydrogen) atoms. The highest BCUT2D eigenvalue weighted by Crippen LogP contribution is 2.29. The second-order valence-corrected chi connectivity index (χ2v) is 8.21. The van der Waals surface area contributed by atoms with E-state index in [1.165, 1.54) is 11.3 Å². The number of aromatic nitrogens is 1. The first-order valence-corrected chi connectivity index (χ1v) is 9.31. The molecule has 0 radical (unpaired) electrons. The number of aryl methyl sites for hydroxylation is 1. The molecular formula is C19H24N4O3S. The van der Waals surface area contributed by atoms with Gasteiger partial charge < -0.3 is 16.4 Å². The molecule has 0 saturated carbocycles. The van der Waals surface area contributed by atoms with E-state index in [1.807, 2.05) is 6.92 Å². The summed E-state index contributed by atoms with van der Waals surface area (Å²) in [4.78, 5) is 40.1. The lowest BCUT2D eigenvalue weighted by atomic mass is 9.98. The lowest BCUT2D eigenvalue weighted by Crippen LogP contribution is -2.33. The zero-order valence-electron chi connectivity index (χ0n) is 15.9. The SMILES string of the molecule is Cc1nc(C(C)(C)C)sc1C(=O)NCc1ccc(C(=O)NCC(N)=O)cc1. The van der Waals surface area contributed by atoms with Crippen LogP contribution in [0.15, 0.2) is 24.3 Å². The van der Waals surface area contributed by atoms with Gasteiger partial charge in [0, 0.05) is 17.5 Å². The topological polar surface area (TPSA) is 114 Å². The molecule has 7 nitrogen and oxygen atoms in total. The first-order chi connectivity index (χ1) is 12.6. The van der Waals surface area contributed by atoms with Crippen LogP contribution in [0.2, 0.25) is 0 Å². The molecule has 8 heteroatoms. The second-order valence-electron chi connectivity index (χ2n) is 7.21. The predicted octanol–water partition coefficient (Wildman–Crippen LogP) is 1.89. The van der Waals surface area contributed by atoms with Crippen molar-refractivity contribution in [3.05, 3.63) is 51.0 Å². The maximum atomic E-state index is 12.5. The van der Waals surface area contributed by atoms with Crippen LogP contribution in [0.3, 0.4) is 0 Å². The summed E-state index contributed by atoms with van der Waals surface area (Å²) in [7, 11) is 0. The molecule has 1 aromatic heterocycles. The number of thiazole rings is 1. The third-order valence-electron chi connectivity index (χ3n) is 3.74. The molecule has 0 bridgehead atoms. The van der Waals surface area contributed by atoms with Crippen molar-refractivity contribution in [2.75, 3.05) is 6.54 Å². The molecule has 144 valence electrons. The second kappa shape index (κ2) is 8.30. The van der Waals surface area contributed by atoms with Gasteiger partial charge in [0.15, 0.2) is 0 Å². The van der Waals surface area contributed by atoms with E-state index in [4.69, 9.17) is 5.73 Å². The van der Waals surface area contributed by atoms with E-state index in [2.05, 4.69) is 36.4 Å². The highest BCUT2D eigenvalue weighted by Gasteiger charge is 2.22. The first kappa shape index (κ1) is 20.6. The summed E-state index contributed by atoms with van der Waals surface area (Å²) < 4.78 is 0. The van der Waals surface area contributed by atoms with Crippen LogP contribution in [0.5, 0.6) is 0 Å². The molecule has 0 aliphatic rings. The number of benzene rings is 1. The smallest absolute Gasteiger partial charge is 0.263 e. The molecule has 0 aliphatic carbocycles. The van der Waals surface area contributed by atoms with Crippen molar-refractivity contribution in [2.45, 2.75) is 39.7 Å². The Balaban J connectivity index is 1.97. The minimum atomic E-state index is -0.601. The molecule has 0 atom stereocenters. The number of carbonyl (C=O) groups is 3. The quantitative estimate of drug-likeness (QED) is 0.701. The van der Waals surface area contributed by atoms with Crippen molar-refractivity contribution in [2.24, 2.45) is 5.73 Å². The minimum absolute atomic E-state index is 0.0983. The number of amides is 3. The number of nitrogens with two attached hydrogens (primary N) is 1. The largest absolute Gasteiger partial charge is 0.368 e. The zero-order valence-corrected chi connectivity index (χ0v) is 16.7. The zero-order chi connectivity index (χ0) is 20.2. The Labute approximate surface area is 162 Å². The summed E-state index contributed by atoms with van der Waals surface area (Å²) in [6, 6.07) is 6.76. The van der Waals surface area contributed by atoms with Crippen molar-refractivity contribution >= 4 is 29.1 Å². The Morgan fingerprint density at radius 3 is 2.22 bits per heavy atom. The highest BCUT2D eigenvalue weighted by molar-refractivity contribution is 7.14. The number of primary amides is 1. The number of carbonyl (C=O) groups excluding carboxylic acids is 3. The number of rotatable bonds is 6. The van der Waals surface area contributed by atoms with Crippen LogP contribution in [-0.4, -0.2) is 29.3 Å². The van der Waals surface area contributed by atoms with Crippen LogP contribution in [0.25, 0.3) is 0 Å². The number of hydrogen-bond acceptors (Lipinski definition) is 5. The van der Waals surface area contributed by atoms with Gasteiger partial charge in [-0.3, -0.25) is 14.4 Å². The summed E-state index contributed by atoms with van der Waals surface area (Å²) in [5.74, 6) is -1.14. The maximum absolute atomic E-state index is 12.5. The van der Waals surface area contributed by atoms with Crippen LogP contribution in [0, 0.1) is 6.92 Å². The minimum Gasteiger partial charge on any atom is -0.368 e. The molecule has 0 spiro atoms. The molecule has 3 amide bonds. The van der Waals surface area contributed by atoms with Gasteiger partial charge in [-0.05, 0) is 24.6 Å². The van der Waals surface area contributed by atoms with Crippen LogP contribution in [-0.2, 0) is 16.8 Å². The first-order valence-electron chi connectivity index (χ1n) is 8.49. The summed E-state index contributed by atoms with van der Waals surface area (Å²) in [5, 5.41) is 6.23. The number of nitrogens with zero attached hydrogens (tertiary/aromatic N) is 1. The Bertz CT molecular complexity index is 851. The fraction of sp³-hybridized carbons (Fsp3) is 0.368. The monoisotopic (exact) mass is 388 g/mol. The Morgan fingerprint density at radius 1 is 1.07 bits per heavy atom. The van der Waals surface area contributed by atoms with Crippen molar-refractivity contribution in [3.63, 3.8) is 0 Å². The van der Waals surface area contributed by atoms with Gasteiger partial charge in [0.1, 0.15) is 4.88 Å². The molecule has 4 N–H and O–H groups in total. The van der Waals surface area contributed by atoms with Gasteiger partial charge in [-0.2, -0.15) is 0 Å². The molecule has 2 aromatic rings. The fourth-order valence-electron chi connectivity index (χ4n) is 2.23. The van der Waals surface area contributed by atoms with Gasteiger partial charge in [-0.25, -0.2) is 4.98 Å². The molecule has 0 unspecified atom stereocenters. The van der Waals surface area contributed by atoms with Crippen molar-refractivity contribution in [1.29, 1.82) is 0 Å². The molecule has 0 saturated heterocycles. The van der Waals surface area contributed by atoms with Gasteiger partial charge in [0.25, 0.3) is 11.8 Å². The average Bonchev–Trinajstić information content (AvgIpc) is 3.00. The van der Waals surface area contributed by atoms with Crippen LogP contribution in [0.4, 0.5) is 0 Å².